The SMILES string of the molecule is CCOC(=O)C1=C(C)N=c2s/c(=C\c3cc(Br)cc(Br)c3O)c(=O)n2[C@@H]1c1cc(OC)c(OC)cc1Br. The number of thiazole rings is 1. The number of carbonyl (C=O) groups excluding carboxylic acids is 1. The lowest BCUT2D eigenvalue weighted by Gasteiger charge is -2.26. The molecule has 3 aromatic rings. The quantitative estimate of drug-likeness (QED) is 0.368. The van der Waals surface area contributed by atoms with Gasteiger partial charge in [0.1, 0.15) is 5.75 Å². The van der Waals surface area contributed by atoms with Crippen molar-refractivity contribution in [2.24, 2.45) is 4.99 Å². The van der Waals surface area contributed by atoms with Crippen molar-refractivity contribution in [2.75, 3.05) is 20.8 Å². The molecule has 8 nitrogen and oxygen atoms in total. The zero-order chi connectivity index (χ0) is 27.0. The van der Waals surface area contributed by atoms with E-state index < -0.39 is 12.0 Å². The lowest BCUT2D eigenvalue weighted by molar-refractivity contribution is -0.139. The van der Waals surface area contributed by atoms with Gasteiger partial charge >= 0.3 is 5.97 Å². The molecule has 0 radical (unpaired) electrons. The molecular formula is C25H21Br3N2O6S. The molecule has 1 aliphatic heterocycles. The van der Waals surface area contributed by atoms with E-state index in [9.17, 15) is 14.7 Å². The fraction of sp³-hybridized carbons (Fsp3) is 0.240. The van der Waals surface area contributed by atoms with Gasteiger partial charge in [-0.3, -0.25) is 9.36 Å². The molecule has 0 spiro atoms. The molecule has 1 N–H and O–H groups in total. The standard InChI is InChI=1S/C25H21Br3N2O6S/c1-5-36-24(33)20-11(2)29-25-30(21(20)14-9-17(34-3)18(35-4)10-15(14)27)23(32)19(37-25)7-12-6-13(26)8-16(28)22(12)31/h6-10,21,31H,5H2,1-4H3/b19-7-/t21-/m1/s1. The number of methoxy groups -OCH3 is 2. The Morgan fingerprint density at radius 2 is 1.81 bits per heavy atom. The number of hydrogen-bond donors (Lipinski definition) is 1. The van der Waals surface area contributed by atoms with Crippen molar-refractivity contribution in [3.63, 3.8) is 0 Å². The Kier molecular flexibility index (Phi) is 8.32. The number of aromatic nitrogens is 1. The van der Waals surface area contributed by atoms with E-state index in [1.807, 2.05) is 0 Å². The average Bonchev–Trinajstić information content (AvgIpc) is 3.15. The number of rotatable bonds is 6. The molecule has 0 aliphatic carbocycles. The summed E-state index contributed by atoms with van der Waals surface area (Å²) in [5.41, 5.74) is 1.33. The number of benzene rings is 2. The Labute approximate surface area is 241 Å². The summed E-state index contributed by atoms with van der Waals surface area (Å²) in [5, 5.41) is 10.5. The number of ether oxygens (including phenoxy) is 3. The molecule has 2 aromatic carbocycles. The van der Waals surface area contributed by atoms with Gasteiger partial charge < -0.3 is 19.3 Å². The molecule has 1 atom stereocenters. The second kappa shape index (κ2) is 11.1. The number of aromatic hydroxyl groups is 1. The number of hydrogen-bond acceptors (Lipinski definition) is 8. The van der Waals surface area contributed by atoms with Crippen molar-refractivity contribution in [1.82, 2.24) is 4.57 Å². The lowest BCUT2D eigenvalue weighted by atomic mass is 9.95. The molecule has 0 fully saturated rings. The van der Waals surface area contributed by atoms with Crippen LogP contribution < -0.4 is 24.4 Å². The topological polar surface area (TPSA) is 99.4 Å². The maximum Gasteiger partial charge on any atom is 0.338 e. The first-order valence-corrected chi connectivity index (χ1v) is 14.1. The summed E-state index contributed by atoms with van der Waals surface area (Å²) in [5.74, 6) is 0.346. The van der Waals surface area contributed by atoms with Crippen LogP contribution >= 0.6 is 59.1 Å². The van der Waals surface area contributed by atoms with E-state index in [0.29, 0.717) is 46.6 Å². The highest BCUT2D eigenvalue weighted by molar-refractivity contribution is 9.11. The Morgan fingerprint density at radius 1 is 1.14 bits per heavy atom. The number of carbonyl (C=O) groups is 1. The second-order valence-corrected chi connectivity index (χ2v) is 11.5. The first-order chi connectivity index (χ1) is 17.6. The van der Waals surface area contributed by atoms with Crippen LogP contribution in [0.3, 0.4) is 0 Å². The summed E-state index contributed by atoms with van der Waals surface area (Å²) in [7, 11) is 3.04. The third-order valence-corrected chi connectivity index (χ3v) is 8.39. The molecule has 12 heteroatoms. The van der Waals surface area contributed by atoms with E-state index in [4.69, 9.17) is 14.2 Å². The van der Waals surface area contributed by atoms with E-state index in [1.165, 1.54) is 18.8 Å². The van der Waals surface area contributed by atoms with Gasteiger partial charge in [0, 0.05) is 14.5 Å². The third-order valence-electron chi connectivity index (χ3n) is 5.66. The Morgan fingerprint density at radius 3 is 2.46 bits per heavy atom. The fourth-order valence-corrected chi connectivity index (χ4v) is 6.84. The van der Waals surface area contributed by atoms with Gasteiger partial charge in [-0.05, 0) is 65.7 Å². The zero-order valence-corrected chi connectivity index (χ0v) is 25.7. The summed E-state index contributed by atoms with van der Waals surface area (Å²) in [4.78, 5) is 32.0. The summed E-state index contributed by atoms with van der Waals surface area (Å²) >= 11 is 11.5. The second-order valence-electron chi connectivity index (χ2n) is 7.86. The van der Waals surface area contributed by atoms with Crippen LogP contribution in [0, 0.1) is 0 Å². The van der Waals surface area contributed by atoms with Gasteiger partial charge in [-0.15, -0.1) is 0 Å². The van der Waals surface area contributed by atoms with Crippen molar-refractivity contribution < 1.29 is 24.1 Å². The molecule has 37 heavy (non-hydrogen) atoms. The molecule has 4 rings (SSSR count). The Bertz CT molecular complexity index is 1630. The summed E-state index contributed by atoms with van der Waals surface area (Å²) in [6.45, 7) is 3.59. The van der Waals surface area contributed by atoms with E-state index in [2.05, 4.69) is 52.8 Å². The van der Waals surface area contributed by atoms with Crippen LogP contribution in [0.15, 0.2) is 58.7 Å². The minimum Gasteiger partial charge on any atom is -0.506 e. The predicted octanol–water partition coefficient (Wildman–Crippen LogP) is 4.81. The van der Waals surface area contributed by atoms with Gasteiger partial charge in [-0.2, -0.15) is 0 Å². The van der Waals surface area contributed by atoms with Crippen molar-refractivity contribution in [1.29, 1.82) is 0 Å². The highest BCUT2D eigenvalue weighted by Gasteiger charge is 2.35. The molecule has 0 saturated heterocycles. The molecule has 0 amide bonds. The monoisotopic (exact) mass is 714 g/mol. The van der Waals surface area contributed by atoms with Gasteiger partial charge in [0.05, 0.1) is 47.1 Å². The van der Waals surface area contributed by atoms with Crippen molar-refractivity contribution in [3.8, 4) is 17.2 Å². The highest BCUT2D eigenvalue weighted by atomic mass is 79.9. The fourth-order valence-electron chi connectivity index (χ4n) is 4.00. The molecule has 0 unspecified atom stereocenters. The molecule has 2 heterocycles. The number of phenols is 1. The molecule has 0 saturated carbocycles. The average molecular weight is 717 g/mol. The maximum atomic E-state index is 13.8. The highest BCUT2D eigenvalue weighted by Crippen LogP contribution is 2.41. The first-order valence-electron chi connectivity index (χ1n) is 10.9. The third kappa shape index (κ3) is 5.16. The normalized spacial score (nSPS) is 15.3. The number of halogens is 3. The molecule has 1 aliphatic rings. The van der Waals surface area contributed by atoms with E-state index in [1.54, 1.807) is 44.2 Å². The summed E-state index contributed by atoms with van der Waals surface area (Å²) in [6, 6.07) is 6.00. The van der Waals surface area contributed by atoms with Crippen LogP contribution in [-0.4, -0.2) is 36.5 Å². The van der Waals surface area contributed by atoms with Crippen LogP contribution in [0.2, 0.25) is 0 Å². The number of nitrogens with zero attached hydrogens (tertiary/aromatic N) is 2. The Balaban J connectivity index is 2.04. The summed E-state index contributed by atoms with van der Waals surface area (Å²) in [6.07, 6.45) is 1.60. The summed E-state index contributed by atoms with van der Waals surface area (Å²) < 4.78 is 19.9. The largest absolute Gasteiger partial charge is 0.506 e. The number of allylic oxidation sites excluding steroid dienone is 1. The van der Waals surface area contributed by atoms with Gasteiger partial charge in [0.2, 0.25) is 0 Å². The van der Waals surface area contributed by atoms with Gasteiger partial charge in [-0.1, -0.05) is 43.2 Å². The van der Waals surface area contributed by atoms with Gasteiger partial charge in [0.25, 0.3) is 5.56 Å². The zero-order valence-electron chi connectivity index (χ0n) is 20.1. The lowest BCUT2D eigenvalue weighted by Crippen LogP contribution is -2.40. The van der Waals surface area contributed by atoms with Crippen LogP contribution in [-0.2, 0) is 9.53 Å². The van der Waals surface area contributed by atoms with Gasteiger partial charge in [-0.25, -0.2) is 9.79 Å². The van der Waals surface area contributed by atoms with Crippen molar-refractivity contribution in [3.05, 3.63) is 79.8 Å². The van der Waals surface area contributed by atoms with E-state index >= 15 is 0 Å². The first kappa shape index (κ1) is 27.6. The molecule has 194 valence electrons. The Hall–Kier alpha value is -2.41. The molecule has 1 aromatic heterocycles. The minimum atomic E-state index is -0.852. The number of phenolic OH excluding ortho intramolecular Hbond substituents is 1. The maximum absolute atomic E-state index is 13.8. The predicted molar refractivity (Wildman–Crippen MR) is 151 cm³/mol. The number of fused-ring (bicyclic) bond motifs is 1. The smallest absolute Gasteiger partial charge is 0.338 e. The van der Waals surface area contributed by atoms with Crippen LogP contribution in [0.25, 0.3) is 6.08 Å². The van der Waals surface area contributed by atoms with Crippen LogP contribution in [0.4, 0.5) is 0 Å². The van der Waals surface area contributed by atoms with E-state index in [0.717, 1.165) is 15.8 Å². The molecule has 0 bridgehead atoms. The number of esters is 1. The van der Waals surface area contributed by atoms with Crippen LogP contribution in [0.1, 0.15) is 31.0 Å². The minimum absolute atomic E-state index is 0.00314. The van der Waals surface area contributed by atoms with Crippen molar-refractivity contribution >= 4 is 71.2 Å². The van der Waals surface area contributed by atoms with Crippen LogP contribution in [0.5, 0.6) is 17.2 Å². The molecular weight excluding hydrogens is 696 g/mol. The van der Waals surface area contributed by atoms with E-state index in [-0.39, 0.29) is 23.5 Å². The van der Waals surface area contributed by atoms with Crippen molar-refractivity contribution in [2.45, 2.75) is 19.9 Å². The van der Waals surface area contributed by atoms with Gasteiger partial charge in [0.15, 0.2) is 16.3 Å².